The second kappa shape index (κ2) is 9.65. The lowest BCUT2D eigenvalue weighted by Crippen LogP contribution is -2.30. The molecule has 33 heavy (non-hydrogen) atoms. The van der Waals surface area contributed by atoms with Crippen molar-refractivity contribution in [1.29, 1.82) is 0 Å². The molecule has 168 valence electrons. The Morgan fingerprint density at radius 2 is 1.85 bits per heavy atom. The van der Waals surface area contributed by atoms with Crippen molar-refractivity contribution < 1.29 is 19.1 Å². The highest BCUT2D eigenvalue weighted by Gasteiger charge is 2.23. The number of nitrogens with zero attached hydrogens (tertiary/aromatic N) is 2. The number of esters is 1. The Morgan fingerprint density at radius 3 is 2.55 bits per heavy atom. The van der Waals surface area contributed by atoms with Crippen LogP contribution in [-0.4, -0.2) is 35.4 Å². The molecule has 0 unspecified atom stereocenters. The van der Waals surface area contributed by atoms with Gasteiger partial charge in [-0.15, -0.1) is 0 Å². The number of ether oxygens (including phenoxy) is 1. The molecule has 0 spiro atoms. The van der Waals surface area contributed by atoms with E-state index < -0.39 is 18.0 Å². The fraction of sp³-hybridized carbons (Fsp3) is 0.231. The molecule has 1 aliphatic heterocycles. The predicted octanol–water partition coefficient (Wildman–Crippen LogP) is 4.37. The Morgan fingerprint density at radius 1 is 1.06 bits per heavy atom. The minimum Gasteiger partial charge on any atom is -0.449 e. The Labute approximate surface area is 192 Å². The van der Waals surface area contributed by atoms with E-state index in [0.29, 0.717) is 29.9 Å². The maximum absolute atomic E-state index is 12.7. The van der Waals surface area contributed by atoms with Crippen LogP contribution in [0, 0.1) is 6.92 Å². The molecular weight excluding hydrogens is 418 g/mol. The summed E-state index contributed by atoms with van der Waals surface area (Å²) in [4.78, 5) is 43.5. The van der Waals surface area contributed by atoms with E-state index in [2.05, 4.69) is 10.3 Å². The van der Waals surface area contributed by atoms with Crippen molar-refractivity contribution in [3.63, 3.8) is 0 Å². The number of hydrogen-bond acceptors (Lipinski definition) is 5. The number of benzene rings is 2. The van der Waals surface area contributed by atoms with E-state index in [9.17, 15) is 14.4 Å². The van der Waals surface area contributed by atoms with Crippen molar-refractivity contribution in [2.75, 3.05) is 16.8 Å². The van der Waals surface area contributed by atoms with Crippen LogP contribution in [0.2, 0.25) is 0 Å². The molecule has 0 radical (unpaired) electrons. The van der Waals surface area contributed by atoms with Gasteiger partial charge in [0.15, 0.2) is 6.10 Å². The minimum absolute atomic E-state index is 0.0723. The molecule has 0 aliphatic carbocycles. The van der Waals surface area contributed by atoms with Crippen molar-refractivity contribution in [2.45, 2.75) is 32.8 Å². The van der Waals surface area contributed by atoms with Gasteiger partial charge in [-0.25, -0.2) is 4.79 Å². The van der Waals surface area contributed by atoms with Crippen LogP contribution in [-0.2, 0) is 14.3 Å². The average molecular weight is 444 g/mol. The highest BCUT2D eigenvalue weighted by molar-refractivity contribution is 5.99. The predicted molar refractivity (Wildman–Crippen MR) is 126 cm³/mol. The molecule has 2 amide bonds. The van der Waals surface area contributed by atoms with Gasteiger partial charge in [0.05, 0.1) is 17.0 Å². The zero-order valence-electron chi connectivity index (χ0n) is 18.6. The summed E-state index contributed by atoms with van der Waals surface area (Å²) < 4.78 is 5.39. The van der Waals surface area contributed by atoms with E-state index in [0.717, 1.165) is 23.4 Å². The zero-order valence-corrected chi connectivity index (χ0v) is 18.6. The number of nitrogens with one attached hydrogen (secondary N) is 1. The first-order valence-electron chi connectivity index (χ1n) is 10.9. The van der Waals surface area contributed by atoms with Gasteiger partial charge in [-0.2, -0.15) is 0 Å². The lowest BCUT2D eigenvalue weighted by atomic mass is 10.1. The van der Waals surface area contributed by atoms with E-state index in [1.165, 1.54) is 6.92 Å². The monoisotopic (exact) mass is 443 g/mol. The average Bonchev–Trinajstić information content (AvgIpc) is 3.25. The zero-order chi connectivity index (χ0) is 23.4. The molecule has 3 aromatic rings. The van der Waals surface area contributed by atoms with Crippen LogP contribution in [0.15, 0.2) is 66.7 Å². The molecule has 1 atom stereocenters. The molecule has 0 saturated carbocycles. The van der Waals surface area contributed by atoms with Crippen molar-refractivity contribution in [3.05, 3.63) is 78.0 Å². The summed E-state index contributed by atoms with van der Waals surface area (Å²) in [5, 5.41) is 2.75. The number of anilines is 2. The second-order valence-corrected chi connectivity index (χ2v) is 7.93. The molecule has 2 aromatic carbocycles. The molecular formula is C26H25N3O4. The minimum atomic E-state index is -1.01. The summed E-state index contributed by atoms with van der Waals surface area (Å²) in [6.45, 7) is 3.92. The van der Waals surface area contributed by atoms with Gasteiger partial charge in [-0.3, -0.25) is 14.6 Å². The van der Waals surface area contributed by atoms with Crippen molar-refractivity contribution in [2.24, 2.45) is 0 Å². The molecule has 0 bridgehead atoms. The largest absolute Gasteiger partial charge is 0.449 e. The number of aromatic nitrogens is 1. The third-order valence-corrected chi connectivity index (χ3v) is 5.53. The molecule has 1 N–H and O–H groups in total. The molecule has 1 aliphatic rings. The number of carbonyl (C=O) groups is 3. The van der Waals surface area contributed by atoms with Gasteiger partial charge >= 0.3 is 5.97 Å². The van der Waals surface area contributed by atoms with Gasteiger partial charge in [0.2, 0.25) is 5.91 Å². The number of carbonyl (C=O) groups excluding carboxylic acids is 3. The molecule has 4 rings (SSSR count). The van der Waals surface area contributed by atoms with Crippen molar-refractivity contribution >= 4 is 29.2 Å². The van der Waals surface area contributed by atoms with Crippen LogP contribution in [0.25, 0.3) is 11.3 Å². The summed E-state index contributed by atoms with van der Waals surface area (Å²) in [5.74, 6) is -0.999. The second-order valence-electron chi connectivity index (χ2n) is 7.93. The number of rotatable bonds is 6. The maximum atomic E-state index is 12.7. The summed E-state index contributed by atoms with van der Waals surface area (Å²) in [5.41, 5.74) is 3.81. The van der Waals surface area contributed by atoms with Crippen LogP contribution >= 0.6 is 0 Å². The number of pyridine rings is 1. The molecule has 2 heterocycles. The van der Waals surface area contributed by atoms with Gasteiger partial charge in [0.1, 0.15) is 0 Å². The van der Waals surface area contributed by atoms with Gasteiger partial charge in [0.25, 0.3) is 5.91 Å². The Bertz CT molecular complexity index is 1190. The SMILES string of the molecule is Cc1nc(-c2ccccc2)ccc1C(=O)O[C@H](C)C(=O)Nc1cccc(N2CCCC2=O)c1. The lowest BCUT2D eigenvalue weighted by molar-refractivity contribution is -0.123. The first-order chi connectivity index (χ1) is 15.9. The van der Waals surface area contributed by atoms with Gasteiger partial charge in [-0.05, 0) is 50.6 Å². The van der Waals surface area contributed by atoms with Gasteiger partial charge in [-0.1, -0.05) is 36.4 Å². The molecule has 1 fully saturated rings. The Hall–Kier alpha value is -4.00. The van der Waals surface area contributed by atoms with E-state index >= 15 is 0 Å². The van der Waals surface area contributed by atoms with E-state index in [-0.39, 0.29) is 5.91 Å². The smallest absolute Gasteiger partial charge is 0.340 e. The van der Waals surface area contributed by atoms with E-state index in [4.69, 9.17) is 4.74 Å². The first-order valence-corrected chi connectivity index (χ1v) is 10.9. The molecule has 1 saturated heterocycles. The van der Waals surface area contributed by atoms with Gasteiger partial charge in [0, 0.05) is 29.9 Å². The van der Waals surface area contributed by atoms with E-state index in [1.54, 1.807) is 42.2 Å². The van der Waals surface area contributed by atoms with Crippen LogP contribution in [0.4, 0.5) is 11.4 Å². The summed E-state index contributed by atoms with van der Waals surface area (Å²) in [6, 6.07) is 20.2. The van der Waals surface area contributed by atoms with Crippen molar-refractivity contribution in [1.82, 2.24) is 4.98 Å². The quantitative estimate of drug-likeness (QED) is 0.572. The fourth-order valence-corrected chi connectivity index (χ4v) is 3.74. The van der Waals surface area contributed by atoms with Crippen LogP contribution in [0.5, 0.6) is 0 Å². The Balaban J connectivity index is 1.40. The molecule has 7 heteroatoms. The maximum Gasteiger partial charge on any atom is 0.340 e. The molecule has 1 aromatic heterocycles. The number of amides is 2. The summed E-state index contributed by atoms with van der Waals surface area (Å²) in [7, 11) is 0. The van der Waals surface area contributed by atoms with E-state index in [1.807, 2.05) is 36.4 Å². The fourth-order valence-electron chi connectivity index (χ4n) is 3.74. The highest BCUT2D eigenvalue weighted by atomic mass is 16.5. The topological polar surface area (TPSA) is 88.6 Å². The number of hydrogen-bond donors (Lipinski definition) is 1. The number of aryl methyl sites for hydroxylation is 1. The van der Waals surface area contributed by atoms with Crippen LogP contribution < -0.4 is 10.2 Å². The third kappa shape index (κ3) is 5.09. The summed E-state index contributed by atoms with van der Waals surface area (Å²) >= 11 is 0. The lowest BCUT2D eigenvalue weighted by Gasteiger charge is -2.18. The van der Waals surface area contributed by atoms with Crippen molar-refractivity contribution in [3.8, 4) is 11.3 Å². The Kier molecular flexibility index (Phi) is 6.49. The standard InChI is InChI=1S/C26H25N3O4/c1-17-22(13-14-23(27-17)19-8-4-3-5-9-19)26(32)33-18(2)25(31)28-20-10-6-11-21(16-20)29-15-7-12-24(29)30/h3-6,8-11,13-14,16,18H,7,12,15H2,1-2H3,(H,28,31)/t18-/m1/s1. The third-order valence-electron chi connectivity index (χ3n) is 5.53. The first kappa shape index (κ1) is 22.2. The van der Waals surface area contributed by atoms with Crippen LogP contribution in [0.1, 0.15) is 35.8 Å². The normalized spacial score (nSPS) is 14.1. The van der Waals surface area contributed by atoms with Crippen LogP contribution in [0.3, 0.4) is 0 Å². The van der Waals surface area contributed by atoms with Gasteiger partial charge < -0.3 is 15.0 Å². The summed E-state index contributed by atoms with van der Waals surface area (Å²) in [6.07, 6.45) is 0.343. The highest BCUT2D eigenvalue weighted by Crippen LogP contribution is 2.24. The molecule has 7 nitrogen and oxygen atoms in total.